The number of carbonyl (C=O) groups is 2. The van der Waals surface area contributed by atoms with Crippen LogP contribution in [0, 0.1) is 0 Å². The number of halogens is 4. The predicted molar refractivity (Wildman–Crippen MR) is 84.2 cm³/mol. The van der Waals surface area contributed by atoms with Gasteiger partial charge in [-0.3, -0.25) is 4.79 Å². The molecule has 1 aromatic heterocycles. The molecule has 1 atom stereocenters. The zero-order valence-corrected chi connectivity index (χ0v) is 14.0. The van der Waals surface area contributed by atoms with Crippen molar-refractivity contribution in [2.45, 2.75) is 18.7 Å². The Labute approximate surface area is 150 Å². The Hall–Kier alpha value is -2.59. The van der Waals surface area contributed by atoms with Crippen molar-refractivity contribution in [2.75, 3.05) is 6.54 Å². The number of hydrogen-bond donors (Lipinski definition) is 3. The summed E-state index contributed by atoms with van der Waals surface area (Å²) in [6.07, 6.45) is -4.21. The third-order valence-corrected chi connectivity index (χ3v) is 3.66. The molecule has 0 aliphatic carbocycles. The lowest BCUT2D eigenvalue weighted by Crippen LogP contribution is -2.46. The van der Waals surface area contributed by atoms with E-state index in [1.165, 1.54) is 24.3 Å². The molecule has 2 aromatic rings. The number of amides is 1. The average Bonchev–Trinajstić information content (AvgIpc) is 2.98. The fourth-order valence-corrected chi connectivity index (χ4v) is 2.11. The molecule has 0 bridgehead atoms. The molecule has 0 radical (unpaired) electrons. The summed E-state index contributed by atoms with van der Waals surface area (Å²) in [4.78, 5) is 22.9. The van der Waals surface area contributed by atoms with E-state index in [1.807, 2.05) is 5.32 Å². The number of alkyl halides is 3. The molecule has 11 heteroatoms. The van der Waals surface area contributed by atoms with Crippen LogP contribution < -0.4 is 5.32 Å². The summed E-state index contributed by atoms with van der Waals surface area (Å²) >= 11 is 5.71. The Bertz CT molecular complexity index is 832. The normalized spacial score (nSPS) is 13.9. The van der Waals surface area contributed by atoms with Crippen molar-refractivity contribution in [2.24, 2.45) is 0 Å². The van der Waals surface area contributed by atoms with E-state index in [2.05, 4.69) is 5.10 Å². The summed E-state index contributed by atoms with van der Waals surface area (Å²) in [7, 11) is 0. The summed E-state index contributed by atoms with van der Waals surface area (Å²) < 4.78 is 40.9. The molecule has 0 aliphatic rings. The molecule has 1 unspecified atom stereocenters. The molecule has 0 saturated carbocycles. The third kappa shape index (κ3) is 4.14. The van der Waals surface area contributed by atoms with Gasteiger partial charge in [-0.1, -0.05) is 11.6 Å². The van der Waals surface area contributed by atoms with Crippen molar-refractivity contribution in [3.05, 3.63) is 46.7 Å². The SMILES string of the molecule is CC(O)(CNC(=O)c1cnn(-c2ccc(Cl)cc2)c1C(F)(F)F)C(=O)O. The number of hydrogen-bond acceptors (Lipinski definition) is 4. The second-order valence-electron chi connectivity index (χ2n) is 5.55. The molecule has 0 spiro atoms. The molecule has 1 aromatic carbocycles. The lowest BCUT2D eigenvalue weighted by molar-refractivity contribution is -0.155. The fourth-order valence-electron chi connectivity index (χ4n) is 1.99. The molecule has 140 valence electrons. The zero-order chi connectivity index (χ0) is 19.7. The van der Waals surface area contributed by atoms with Crippen LogP contribution in [0.2, 0.25) is 5.02 Å². The van der Waals surface area contributed by atoms with Gasteiger partial charge in [0, 0.05) is 5.02 Å². The van der Waals surface area contributed by atoms with Crippen LogP contribution in [0.1, 0.15) is 23.0 Å². The Balaban J connectivity index is 2.39. The van der Waals surface area contributed by atoms with Crippen molar-refractivity contribution in [1.82, 2.24) is 15.1 Å². The highest BCUT2D eigenvalue weighted by molar-refractivity contribution is 6.30. The topological polar surface area (TPSA) is 104 Å². The molecule has 0 fully saturated rings. The smallest absolute Gasteiger partial charge is 0.434 e. The summed E-state index contributed by atoms with van der Waals surface area (Å²) in [6, 6.07) is 5.31. The zero-order valence-electron chi connectivity index (χ0n) is 13.2. The van der Waals surface area contributed by atoms with E-state index >= 15 is 0 Å². The van der Waals surface area contributed by atoms with Crippen LogP contribution in [-0.2, 0) is 11.0 Å². The summed E-state index contributed by atoms with van der Waals surface area (Å²) in [5.74, 6) is -2.86. The van der Waals surface area contributed by atoms with Crippen LogP contribution in [0.3, 0.4) is 0 Å². The van der Waals surface area contributed by atoms with Crippen molar-refractivity contribution in [3.63, 3.8) is 0 Å². The maximum absolute atomic E-state index is 13.5. The number of aliphatic carboxylic acids is 1. The highest BCUT2D eigenvalue weighted by Gasteiger charge is 2.41. The lowest BCUT2D eigenvalue weighted by atomic mass is 10.1. The molecule has 1 amide bonds. The number of aliphatic hydroxyl groups is 1. The highest BCUT2D eigenvalue weighted by atomic mass is 35.5. The maximum Gasteiger partial charge on any atom is 0.434 e. The second kappa shape index (κ2) is 6.96. The van der Waals surface area contributed by atoms with Gasteiger partial charge in [0.05, 0.1) is 24.0 Å². The van der Waals surface area contributed by atoms with Gasteiger partial charge in [0.25, 0.3) is 5.91 Å². The first-order valence-corrected chi connectivity index (χ1v) is 7.46. The maximum atomic E-state index is 13.5. The first-order chi connectivity index (χ1) is 11.9. The van der Waals surface area contributed by atoms with E-state index in [0.717, 1.165) is 6.92 Å². The summed E-state index contributed by atoms with van der Waals surface area (Å²) in [5, 5.41) is 24.2. The highest BCUT2D eigenvalue weighted by Crippen LogP contribution is 2.33. The monoisotopic (exact) mass is 391 g/mol. The number of carboxylic acids is 1. The van der Waals surface area contributed by atoms with Crippen LogP contribution in [-0.4, -0.2) is 44.0 Å². The van der Waals surface area contributed by atoms with Crippen molar-refractivity contribution >= 4 is 23.5 Å². The summed E-state index contributed by atoms with van der Waals surface area (Å²) in [5.41, 5.74) is -4.46. The van der Waals surface area contributed by atoms with Gasteiger partial charge in [0.1, 0.15) is 0 Å². The number of carbonyl (C=O) groups excluding carboxylic acids is 1. The van der Waals surface area contributed by atoms with Gasteiger partial charge in [0.15, 0.2) is 11.3 Å². The lowest BCUT2D eigenvalue weighted by Gasteiger charge is -2.18. The molecular formula is C15H13ClF3N3O4. The predicted octanol–water partition coefficient (Wildman–Crippen LogP) is 2.11. The minimum atomic E-state index is -4.92. The first-order valence-electron chi connectivity index (χ1n) is 7.08. The van der Waals surface area contributed by atoms with Crippen LogP contribution >= 0.6 is 11.6 Å². The number of carboxylic acid groups (broad SMARTS) is 1. The van der Waals surface area contributed by atoms with Gasteiger partial charge < -0.3 is 15.5 Å². The first kappa shape index (κ1) is 19.7. The number of rotatable bonds is 5. The molecule has 1 heterocycles. The number of benzene rings is 1. The van der Waals surface area contributed by atoms with Crippen LogP contribution in [0.15, 0.2) is 30.5 Å². The number of nitrogens with one attached hydrogen (secondary N) is 1. The van der Waals surface area contributed by atoms with Gasteiger partial charge in [-0.25, -0.2) is 9.48 Å². The second-order valence-corrected chi connectivity index (χ2v) is 5.99. The largest absolute Gasteiger partial charge is 0.479 e. The molecule has 2 rings (SSSR count). The van der Waals surface area contributed by atoms with Crippen molar-refractivity contribution in [3.8, 4) is 5.69 Å². The average molecular weight is 392 g/mol. The fraction of sp³-hybridized carbons (Fsp3) is 0.267. The Kier molecular flexibility index (Phi) is 5.28. The summed E-state index contributed by atoms with van der Waals surface area (Å²) in [6.45, 7) is 0.113. The van der Waals surface area contributed by atoms with E-state index in [4.69, 9.17) is 16.7 Å². The minimum Gasteiger partial charge on any atom is -0.479 e. The number of nitrogens with zero attached hydrogens (tertiary/aromatic N) is 2. The molecule has 0 saturated heterocycles. The Morgan fingerprint density at radius 2 is 1.85 bits per heavy atom. The van der Waals surface area contributed by atoms with Crippen LogP contribution in [0.5, 0.6) is 0 Å². The van der Waals surface area contributed by atoms with Crippen LogP contribution in [0.4, 0.5) is 13.2 Å². The van der Waals surface area contributed by atoms with Crippen LogP contribution in [0.25, 0.3) is 5.69 Å². The van der Waals surface area contributed by atoms with E-state index in [-0.39, 0.29) is 5.69 Å². The molecule has 7 nitrogen and oxygen atoms in total. The van der Waals surface area contributed by atoms with Gasteiger partial charge >= 0.3 is 12.1 Å². The van der Waals surface area contributed by atoms with Gasteiger partial charge in [-0.15, -0.1) is 0 Å². The molecule has 0 aliphatic heterocycles. The van der Waals surface area contributed by atoms with E-state index in [0.29, 0.717) is 15.9 Å². The standard InChI is InChI=1S/C15H13ClF3N3O4/c1-14(26,13(24)25)7-20-12(23)10-6-21-22(11(10)15(17,18)19)9-4-2-8(16)3-5-9/h2-6,26H,7H2,1H3,(H,20,23)(H,24,25). The molecule has 3 N–H and O–H groups in total. The van der Waals surface area contributed by atoms with Crippen molar-refractivity contribution < 1.29 is 33.0 Å². The van der Waals surface area contributed by atoms with Gasteiger partial charge in [-0.05, 0) is 31.2 Å². The van der Waals surface area contributed by atoms with E-state index < -0.39 is 41.5 Å². The van der Waals surface area contributed by atoms with E-state index in [1.54, 1.807) is 0 Å². The molecular weight excluding hydrogens is 379 g/mol. The Morgan fingerprint density at radius 3 is 2.35 bits per heavy atom. The van der Waals surface area contributed by atoms with Crippen molar-refractivity contribution in [1.29, 1.82) is 0 Å². The molecule has 26 heavy (non-hydrogen) atoms. The number of aromatic nitrogens is 2. The van der Waals surface area contributed by atoms with Gasteiger partial charge in [-0.2, -0.15) is 18.3 Å². The Morgan fingerprint density at radius 1 is 1.27 bits per heavy atom. The third-order valence-electron chi connectivity index (χ3n) is 3.41. The minimum absolute atomic E-state index is 0.0262. The quantitative estimate of drug-likeness (QED) is 0.724. The van der Waals surface area contributed by atoms with E-state index in [9.17, 15) is 27.9 Å². The van der Waals surface area contributed by atoms with Gasteiger partial charge in [0.2, 0.25) is 0 Å².